The molecule has 114 valence electrons. The Kier molecular flexibility index (Phi) is 2.50. The highest BCUT2D eigenvalue weighted by atomic mass is 15.4. The van der Waals surface area contributed by atoms with Gasteiger partial charge in [-0.25, -0.2) is 4.98 Å². The van der Waals surface area contributed by atoms with Gasteiger partial charge in [0, 0.05) is 29.8 Å². The third-order valence-electron chi connectivity index (χ3n) is 6.06. The lowest BCUT2D eigenvalue weighted by molar-refractivity contribution is 0.143. The van der Waals surface area contributed by atoms with Crippen LogP contribution in [-0.2, 0) is 5.41 Å². The summed E-state index contributed by atoms with van der Waals surface area (Å²) in [5, 5.41) is 0. The first kappa shape index (κ1) is 13.6. The normalized spacial score (nSPS) is 23.8. The molecule has 0 saturated carbocycles. The molecule has 4 rings (SSSR count). The highest BCUT2D eigenvalue weighted by molar-refractivity contribution is 5.84. The van der Waals surface area contributed by atoms with Gasteiger partial charge in [0.15, 0.2) is 5.82 Å². The Morgan fingerprint density at radius 1 is 0.955 bits per heavy atom. The number of benzene rings is 1. The molecule has 3 heteroatoms. The molecule has 0 amide bonds. The van der Waals surface area contributed by atoms with E-state index in [1.807, 2.05) is 12.3 Å². The van der Waals surface area contributed by atoms with Crippen molar-refractivity contribution in [1.82, 2.24) is 4.98 Å². The molecule has 0 fully saturated rings. The van der Waals surface area contributed by atoms with Crippen molar-refractivity contribution in [3.63, 3.8) is 0 Å². The lowest BCUT2D eigenvalue weighted by Gasteiger charge is -2.56. The Morgan fingerprint density at radius 2 is 1.64 bits per heavy atom. The summed E-state index contributed by atoms with van der Waals surface area (Å²) in [6, 6.07) is 13.0. The maximum Gasteiger partial charge on any atom is 0.153 e. The van der Waals surface area contributed by atoms with Gasteiger partial charge in [0.1, 0.15) is 6.17 Å². The van der Waals surface area contributed by atoms with E-state index >= 15 is 0 Å². The molecular formula is C19H23N3. The Hall–Kier alpha value is -2.03. The molecule has 2 aliphatic heterocycles. The van der Waals surface area contributed by atoms with Crippen molar-refractivity contribution in [2.75, 3.05) is 16.8 Å². The van der Waals surface area contributed by atoms with Gasteiger partial charge in [-0.1, -0.05) is 45.9 Å². The van der Waals surface area contributed by atoms with E-state index in [9.17, 15) is 0 Å². The Labute approximate surface area is 132 Å². The fourth-order valence-corrected chi connectivity index (χ4v) is 4.22. The summed E-state index contributed by atoms with van der Waals surface area (Å²) < 4.78 is 0. The van der Waals surface area contributed by atoms with Gasteiger partial charge in [0.25, 0.3) is 0 Å². The van der Waals surface area contributed by atoms with Gasteiger partial charge in [-0.3, -0.25) is 0 Å². The molecule has 1 aromatic heterocycles. The number of para-hydroxylation sites is 1. The maximum atomic E-state index is 4.63. The molecule has 0 saturated heterocycles. The number of hydrogen-bond acceptors (Lipinski definition) is 3. The second-order valence-corrected chi connectivity index (χ2v) is 7.56. The van der Waals surface area contributed by atoms with Gasteiger partial charge in [0.2, 0.25) is 0 Å². The summed E-state index contributed by atoms with van der Waals surface area (Å²) in [4.78, 5) is 9.45. The van der Waals surface area contributed by atoms with Gasteiger partial charge in [-0.15, -0.1) is 0 Å². The minimum atomic E-state index is 0.0802. The number of rotatable bonds is 0. The molecule has 2 aromatic rings. The first-order valence-corrected chi connectivity index (χ1v) is 7.94. The summed E-state index contributed by atoms with van der Waals surface area (Å²) >= 11 is 0. The summed E-state index contributed by atoms with van der Waals surface area (Å²) in [5.74, 6) is 1.08. The Balaban J connectivity index is 2.06. The number of anilines is 3. The lowest BCUT2D eigenvalue weighted by atomic mass is 9.59. The zero-order chi connectivity index (χ0) is 15.7. The molecule has 1 unspecified atom stereocenters. The second kappa shape index (κ2) is 4.03. The van der Waals surface area contributed by atoms with E-state index < -0.39 is 0 Å². The molecule has 3 nitrogen and oxygen atoms in total. The van der Waals surface area contributed by atoms with Crippen molar-refractivity contribution in [3.05, 3.63) is 48.2 Å². The van der Waals surface area contributed by atoms with E-state index in [1.54, 1.807) is 0 Å². The highest BCUT2D eigenvalue weighted by Gasteiger charge is 2.56. The topological polar surface area (TPSA) is 19.4 Å². The average molecular weight is 293 g/mol. The van der Waals surface area contributed by atoms with Crippen molar-refractivity contribution in [3.8, 4) is 0 Å². The molecule has 2 aliphatic rings. The van der Waals surface area contributed by atoms with E-state index in [1.165, 1.54) is 16.9 Å². The van der Waals surface area contributed by atoms with Crippen LogP contribution in [-0.4, -0.2) is 18.2 Å². The van der Waals surface area contributed by atoms with Crippen LogP contribution in [0.2, 0.25) is 0 Å². The number of hydrogen-bond donors (Lipinski definition) is 0. The van der Waals surface area contributed by atoms with Crippen molar-refractivity contribution in [2.24, 2.45) is 5.41 Å². The minimum Gasteiger partial charge on any atom is -0.337 e. The van der Waals surface area contributed by atoms with Crippen LogP contribution in [0.5, 0.6) is 0 Å². The molecule has 0 N–H and O–H groups in total. The van der Waals surface area contributed by atoms with Crippen LogP contribution in [0.25, 0.3) is 0 Å². The van der Waals surface area contributed by atoms with E-state index in [0.717, 1.165) is 5.82 Å². The van der Waals surface area contributed by atoms with Crippen LogP contribution in [0, 0.1) is 5.41 Å². The maximum absolute atomic E-state index is 4.63. The van der Waals surface area contributed by atoms with E-state index in [0.29, 0.717) is 0 Å². The van der Waals surface area contributed by atoms with E-state index in [-0.39, 0.29) is 17.0 Å². The SMILES string of the molecule is CN1c2ncccc2N2c3ccccc3C(C)(C)C(C)(C)C12. The van der Waals surface area contributed by atoms with Crippen molar-refractivity contribution < 1.29 is 0 Å². The quantitative estimate of drug-likeness (QED) is 0.721. The lowest BCUT2D eigenvalue weighted by Crippen LogP contribution is -2.60. The molecular weight excluding hydrogens is 270 g/mol. The monoisotopic (exact) mass is 293 g/mol. The van der Waals surface area contributed by atoms with E-state index in [4.69, 9.17) is 0 Å². The van der Waals surface area contributed by atoms with Crippen LogP contribution in [0.1, 0.15) is 33.3 Å². The summed E-state index contributed by atoms with van der Waals surface area (Å²) in [7, 11) is 2.17. The van der Waals surface area contributed by atoms with E-state index in [2.05, 4.69) is 79.9 Å². The van der Waals surface area contributed by atoms with Crippen LogP contribution in [0.15, 0.2) is 42.6 Å². The molecule has 1 aromatic carbocycles. The molecule has 3 heterocycles. The number of fused-ring (bicyclic) bond motifs is 5. The molecule has 0 spiro atoms. The summed E-state index contributed by atoms with van der Waals surface area (Å²) in [6.45, 7) is 9.49. The molecule has 22 heavy (non-hydrogen) atoms. The molecule has 0 bridgehead atoms. The highest BCUT2D eigenvalue weighted by Crippen LogP contribution is 2.59. The first-order chi connectivity index (χ1) is 10.4. The number of pyridine rings is 1. The Morgan fingerprint density at radius 3 is 2.41 bits per heavy atom. The van der Waals surface area contributed by atoms with Gasteiger partial charge >= 0.3 is 0 Å². The fraction of sp³-hybridized carbons (Fsp3) is 0.421. The van der Waals surface area contributed by atoms with Crippen LogP contribution >= 0.6 is 0 Å². The second-order valence-electron chi connectivity index (χ2n) is 7.56. The first-order valence-electron chi connectivity index (χ1n) is 7.94. The zero-order valence-electron chi connectivity index (χ0n) is 14.0. The van der Waals surface area contributed by atoms with Crippen LogP contribution in [0.4, 0.5) is 17.2 Å². The van der Waals surface area contributed by atoms with Crippen molar-refractivity contribution in [1.29, 1.82) is 0 Å². The predicted octanol–water partition coefficient (Wildman–Crippen LogP) is 4.31. The van der Waals surface area contributed by atoms with Gasteiger partial charge in [-0.2, -0.15) is 0 Å². The predicted molar refractivity (Wildman–Crippen MR) is 91.8 cm³/mol. The van der Waals surface area contributed by atoms with Crippen LogP contribution < -0.4 is 9.80 Å². The molecule has 0 aliphatic carbocycles. The number of nitrogens with zero attached hydrogens (tertiary/aromatic N) is 3. The summed E-state index contributed by atoms with van der Waals surface area (Å²) in [5.41, 5.74) is 4.11. The minimum absolute atomic E-state index is 0.0802. The van der Waals surface area contributed by atoms with Crippen LogP contribution in [0.3, 0.4) is 0 Å². The number of aromatic nitrogens is 1. The third-order valence-corrected chi connectivity index (χ3v) is 6.06. The van der Waals surface area contributed by atoms with Gasteiger partial charge < -0.3 is 9.80 Å². The largest absolute Gasteiger partial charge is 0.337 e. The smallest absolute Gasteiger partial charge is 0.153 e. The molecule has 0 radical (unpaired) electrons. The fourth-order valence-electron chi connectivity index (χ4n) is 4.22. The van der Waals surface area contributed by atoms with Gasteiger partial charge in [0.05, 0.1) is 5.69 Å². The van der Waals surface area contributed by atoms with Crippen molar-refractivity contribution >= 4 is 17.2 Å². The average Bonchev–Trinajstić information content (AvgIpc) is 2.80. The third kappa shape index (κ3) is 1.39. The standard InChI is InChI=1S/C19H23N3/c1-18(2)13-9-6-7-10-14(13)22-15-11-8-12-20-16(15)21(5)17(22)19(18,3)4/h6-12,17H,1-5H3. The summed E-state index contributed by atoms with van der Waals surface area (Å²) in [6.07, 6.45) is 2.17. The molecule has 1 atom stereocenters. The van der Waals surface area contributed by atoms with Gasteiger partial charge in [-0.05, 0) is 23.8 Å². The zero-order valence-corrected chi connectivity index (χ0v) is 14.0. The Bertz CT molecular complexity index is 748. The van der Waals surface area contributed by atoms with Crippen molar-refractivity contribution in [2.45, 2.75) is 39.3 Å².